The van der Waals surface area contributed by atoms with Crippen LogP contribution in [0.1, 0.15) is 50.1 Å². The highest BCUT2D eigenvalue weighted by Gasteiger charge is 2.63. The van der Waals surface area contributed by atoms with Crippen LogP contribution in [0.3, 0.4) is 0 Å². The molecular weight excluding hydrogens is 715 g/mol. The molecule has 7 rings (SSSR count). The molecule has 53 heavy (non-hydrogen) atoms. The summed E-state index contributed by atoms with van der Waals surface area (Å²) in [5.74, 6) is -3.32. The maximum atomic E-state index is 14.2. The number of aromatic nitrogens is 1. The number of hydrazine groups is 1. The van der Waals surface area contributed by atoms with Crippen LogP contribution in [-0.2, 0) is 35.9 Å². The Kier molecular flexibility index (Phi) is 9.43. The van der Waals surface area contributed by atoms with Crippen LogP contribution in [0.15, 0.2) is 108 Å². The van der Waals surface area contributed by atoms with Crippen LogP contribution in [0.25, 0.3) is 0 Å². The number of anilines is 1. The number of hydrogen-bond donors (Lipinski definition) is 3. The fourth-order valence-electron chi connectivity index (χ4n) is 7.07. The number of hydrogen-bond acceptors (Lipinski definition) is 11. The van der Waals surface area contributed by atoms with E-state index in [0.717, 1.165) is 26.6 Å². The molecule has 0 saturated carbocycles. The summed E-state index contributed by atoms with van der Waals surface area (Å²) in [4.78, 5) is 59.7. The standard InChI is InChI=1S/C39H39N5O7S2/c1-37(2,3)51-35(49)38(4)23-42(50)44(31-32(46)43-28(34(47)48)21-29(38)53-33(31)43)30(45)20-27-22-52-36(40-27)41-39(24-14-8-5-9-15-24,25-16-10-6-11-17-25)26-18-12-7-13-19-26/h5-19,21-22,29,31,33,50H,20,23H2,1-4H3,(H,40,41)(H,47,48)/t29?,31-,33-,38?/m1/s1. The van der Waals surface area contributed by atoms with Gasteiger partial charge in [-0.15, -0.1) is 23.1 Å². The lowest BCUT2D eigenvalue weighted by molar-refractivity contribution is -0.274. The van der Waals surface area contributed by atoms with E-state index in [1.165, 1.54) is 29.2 Å². The van der Waals surface area contributed by atoms with E-state index in [9.17, 15) is 29.5 Å². The van der Waals surface area contributed by atoms with Crippen LogP contribution in [0, 0.1) is 5.41 Å². The molecule has 3 aliphatic rings. The van der Waals surface area contributed by atoms with Crippen LogP contribution >= 0.6 is 23.1 Å². The quantitative estimate of drug-likeness (QED) is 0.113. The van der Waals surface area contributed by atoms with Gasteiger partial charge in [-0.3, -0.25) is 24.5 Å². The van der Waals surface area contributed by atoms with Crippen LogP contribution in [0.5, 0.6) is 0 Å². The Morgan fingerprint density at radius 2 is 1.49 bits per heavy atom. The SMILES string of the molecule is CC(C)(C)OC(=O)C1(C)CN(O)N(C(=O)Cc2csc(NC(c3ccccc3)(c3ccccc3)c3ccccc3)n2)[C@@H]2C(=O)N3C(C(=O)O)=CC1S[C@H]23. The van der Waals surface area contributed by atoms with Crippen molar-refractivity contribution in [1.82, 2.24) is 20.1 Å². The smallest absolute Gasteiger partial charge is 0.352 e. The lowest BCUT2D eigenvalue weighted by atomic mass is 9.77. The van der Waals surface area contributed by atoms with E-state index in [1.54, 1.807) is 33.1 Å². The molecule has 0 spiro atoms. The van der Waals surface area contributed by atoms with Crippen molar-refractivity contribution in [2.24, 2.45) is 5.41 Å². The Morgan fingerprint density at radius 3 is 2.00 bits per heavy atom. The highest BCUT2D eigenvalue weighted by Crippen LogP contribution is 2.51. The van der Waals surface area contributed by atoms with Crippen molar-refractivity contribution in [3.05, 3.63) is 131 Å². The number of nitrogens with one attached hydrogen (secondary N) is 1. The highest BCUT2D eigenvalue weighted by molar-refractivity contribution is 8.01. The average molecular weight is 754 g/mol. The Hall–Kier alpha value is -5.02. The minimum absolute atomic E-state index is 0.275. The van der Waals surface area contributed by atoms with Gasteiger partial charge in [-0.25, -0.2) is 14.8 Å². The van der Waals surface area contributed by atoms with Gasteiger partial charge < -0.3 is 15.2 Å². The van der Waals surface area contributed by atoms with E-state index in [-0.39, 0.29) is 12.1 Å². The zero-order valence-electron chi connectivity index (χ0n) is 29.5. The lowest BCUT2D eigenvalue weighted by Gasteiger charge is -2.57. The molecule has 2 unspecified atom stereocenters. The number of aliphatic carboxylic acids is 1. The molecule has 14 heteroatoms. The molecule has 12 nitrogen and oxygen atoms in total. The first-order valence-corrected chi connectivity index (χ1v) is 18.9. The maximum absolute atomic E-state index is 14.2. The van der Waals surface area contributed by atoms with Crippen LogP contribution < -0.4 is 5.32 Å². The number of thiazole rings is 1. The fourth-order valence-corrected chi connectivity index (χ4v) is 9.54. The third-order valence-electron chi connectivity index (χ3n) is 9.62. The van der Waals surface area contributed by atoms with Crippen LogP contribution in [-0.4, -0.2) is 82.9 Å². The van der Waals surface area contributed by atoms with E-state index in [4.69, 9.17) is 9.72 Å². The number of esters is 1. The number of hydroxylamine groups is 1. The summed E-state index contributed by atoms with van der Waals surface area (Å²) in [6, 6.07) is 28.8. The number of carboxylic acid groups (broad SMARTS) is 1. The Bertz CT molecular complexity index is 1970. The molecule has 4 heterocycles. The predicted molar refractivity (Wildman–Crippen MR) is 199 cm³/mol. The third-order valence-corrected chi connectivity index (χ3v) is 12.1. The first-order chi connectivity index (χ1) is 25.2. The minimum atomic E-state index is -1.50. The number of fused-ring (bicyclic) bond motifs is 1. The number of rotatable bonds is 9. The molecular formula is C39H39N5O7S2. The van der Waals surface area contributed by atoms with Gasteiger partial charge >= 0.3 is 11.9 Å². The summed E-state index contributed by atoms with van der Waals surface area (Å²) in [6.07, 6.45) is 1.07. The van der Waals surface area contributed by atoms with Crippen molar-refractivity contribution in [2.75, 3.05) is 11.9 Å². The molecule has 3 aromatic carbocycles. The van der Waals surface area contributed by atoms with Crippen molar-refractivity contribution >= 4 is 52.0 Å². The Labute approximate surface area is 315 Å². The molecule has 2 saturated heterocycles. The number of carboxylic acids is 1. The fraction of sp³-hybridized carbons (Fsp3) is 0.308. The predicted octanol–water partition coefficient (Wildman–Crippen LogP) is 5.51. The van der Waals surface area contributed by atoms with E-state index in [2.05, 4.69) is 5.32 Å². The van der Waals surface area contributed by atoms with Gasteiger partial charge in [0.05, 0.1) is 24.1 Å². The molecule has 2 amide bonds. The second kappa shape index (κ2) is 13.8. The second-order valence-electron chi connectivity index (χ2n) is 14.4. The molecule has 1 aromatic heterocycles. The van der Waals surface area contributed by atoms with E-state index in [0.29, 0.717) is 16.0 Å². The molecule has 3 N–H and O–H groups in total. The van der Waals surface area contributed by atoms with Gasteiger partial charge in [0.25, 0.3) is 5.91 Å². The number of ether oxygens (including phenoxy) is 1. The number of nitrogens with zero attached hydrogens (tertiary/aromatic N) is 4. The molecule has 2 bridgehead atoms. The number of carbonyl (C=O) groups excluding carboxylic acids is 3. The van der Waals surface area contributed by atoms with Crippen molar-refractivity contribution in [2.45, 2.75) is 61.9 Å². The molecule has 2 fully saturated rings. The summed E-state index contributed by atoms with van der Waals surface area (Å²) < 4.78 is 5.73. The van der Waals surface area contributed by atoms with Crippen molar-refractivity contribution in [1.29, 1.82) is 0 Å². The van der Waals surface area contributed by atoms with Crippen LogP contribution in [0.4, 0.5) is 5.13 Å². The molecule has 0 aliphatic carbocycles. The van der Waals surface area contributed by atoms with Gasteiger partial charge in [-0.05, 0) is 50.5 Å². The molecule has 0 radical (unpaired) electrons. The number of carbonyl (C=O) groups is 4. The van der Waals surface area contributed by atoms with Gasteiger partial charge in [-0.2, -0.15) is 0 Å². The number of amides is 2. The molecule has 274 valence electrons. The van der Waals surface area contributed by atoms with Crippen molar-refractivity contribution < 1.29 is 34.2 Å². The Morgan fingerprint density at radius 1 is 0.943 bits per heavy atom. The first-order valence-electron chi connectivity index (χ1n) is 17.1. The van der Waals surface area contributed by atoms with Crippen molar-refractivity contribution in [3.63, 3.8) is 0 Å². The van der Waals surface area contributed by atoms with Crippen molar-refractivity contribution in [3.8, 4) is 0 Å². The van der Waals surface area contributed by atoms with Gasteiger partial charge in [0.15, 0.2) is 11.2 Å². The topological polar surface area (TPSA) is 153 Å². The second-order valence-corrected chi connectivity index (χ2v) is 16.6. The number of benzene rings is 3. The van der Waals surface area contributed by atoms with Crippen LogP contribution in [0.2, 0.25) is 0 Å². The normalized spacial score (nSPS) is 22.9. The van der Waals surface area contributed by atoms with E-state index < -0.39 is 63.5 Å². The summed E-state index contributed by atoms with van der Waals surface area (Å²) in [7, 11) is 0. The number of thioether (sulfide) groups is 1. The summed E-state index contributed by atoms with van der Waals surface area (Å²) >= 11 is 2.51. The Balaban J connectivity index is 1.21. The lowest BCUT2D eigenvalue weighted by Crippen LogP contribution is -2.76. The van der Waals surface area contributed by atoms with Gasteiger partial charge in [0.1, 0.15) is 22.2 Å². The maximum Gasteiger partial charge on any atom is 0.352 e. The monoisotopic (exact) mass is 753 g/mol. The summed E-state index contributed by atoms with van der Waals surface area (Å²) in [5, 5.41) is 27.5. The summed E-state index contributed by atoms with van der Waals surface area (Å²) in [6.45, 7) is 6.24. The van der Waals surface area contributed by atoms with E-state index >= 15 is 0 Å². The number of β-lactam (4-membered cyclic amide) rings is 1. The highest BCUT2D eigenvalue weighted by atomic mass is 32.2. The summed E-state index contributed by atoms with van der Waals surface area (Å²) in [5.41, 5.74) is -0.209. The zero-order chi connectivity index (χ0) is 37.7. The largest absolute Gasteiger partial charge is 0.477 e. The molecule has 4 aromatic rings. The van der Waals surface area contributed by atoms with Gasteiger partial charge in [0, 0.05) is 10.6 Å². The average Bonchev–Trinajstić information content (AvgIpc) is 3.58. The molecule has 4 atom stereocenters. The zero-order valence-corrected chi connectivity index (χ0v) is 31.1. The van der Waals surface area contributed by atoms with Gasteiger partial charge in [0.2, 0.25) is 5.91 Å². The minimum Gasteiger partial charge on any atom is -0.477 e. The molecule has 3 aliphatic heterocycles. The van der Waals surface area contributed by atoms with Gasteiger partial charge in [-0.1, -0.05) is 96.2 Å². The van der Waals surface area contributed by atoms with E-state index in [1.807, 2.05) is 91.0 Å². The third kappa shape index (κ3) is 6.49. The first kappa shape index (κ1) is 36.3.